The average molecular weight is 543 g/mol. The molecular weight excluding hydrogens is 512 g/mol. The molecule has 1 aliphatic heterocycles. The Morgan fingerprint density at radius 2 is 1.85 bits per heavy atom. The molecule has 10 heteroatoms. The van der Waals surface area contributed by atoms with Crippen LogP contribution in [-0.4, -0.2) is 52.3 Å². The summed E-state index contributed by atoms with van der Waals surface area (Å²) in [4.78, 5) is 29.3. The zero-order valence-corrected chi connectivity index (χ0v) is 23.0. The molecule has 0 unspecified atom stereocenters. The van der Waals surface area contributed by atoms with Crippen LogP contribution in [0.25, 0.3) is 22.2 Å². The van der Waals surface area contributed by atoms with Crippen LogP contribution in [0, 0.1) is 5.41 Å². The molecule has 5 rings (SSSR count). The minimum absolute atomic E-state index is 0.125. The zero-order chi connectivity index (χ0) is 27.5. The molecule has 4 aromatic rings. The van der Waals surface area contributed by atoms with Gasteiger partial charge in [0.25, 0.3) is 5.56 Å². The lowest BCUT2D eigenvalue weighted by molar-refractivity contribution is 0.589. The number of benzene rings is 2. The third kappa shape index (κ3) is 5.69. The molecule has 0 spiro atoms. The smallest absolute Gasteiger partial charge is 0.260 e. The molecule has 0 atom stereocenters. The molecule has 39 heavy (non-hydrogen) atoms. The van der Waals surface area contributed by atoms with Crippen LogP contribution < -0.4 is 21.1 Å². The van der Waals surface area contributed by atoms with Crippen molar-refractivity contribution in [1.29, 1.82) is 5.41 Å². The van der Waals surface area contributed by atoms with E-state index in [1.54, 1.807) is 35.0 Å². The first-order valence-electron chi connectivity index (χ1n) is 13.0. The van der Waals surface area contributed by atoms with Crippen LogP contribution in [0.15, 0.2) is 64.5 Å². The van der Waals surface area contributed by atoms with Crippen molar-refractivity contribution in [2.75, 3.05) is 36.4 Å². The Morgan fingerprint density at radius 1 is 1.10 bits per heavy atom. The number of piperazine rings is 1. The molecule has 200 valence electrons. The van der Waals surface area contributed by atoms with Crippen molar-refractivity contribution in [3.05, 3.63) is 75.7 Å². The van der Waals surface area contributed by atoms with E-state index in [0.29, 0.717) is 39.9 Å². The summed E-state index contributed by atoms with van der Waals surface area (Å²) in [6.07, 6.45) is 1.71. The van der Waals surface area contributed by atoms with E-state index in [0.717, 1.165) is 43.0 Å². The van der Waals surface area contributed by atoms with Gasteiger partial charge in [-0.2, -0.15) is 4.98 Å². The molecule has 0 bridgehead atoms. The minimum Gasteiger partial charge on any atom is -0.369 e. The third-order valence-corrected chi connectivity index (χ3v) is 6.93. The number of nitrogens with one attached hydrogen (secondary N) is 3. The van der Waals surface area contributed by atoms with Crippen LogP contribution in [0.3, 0.4) is 0 Å². The van der Waals surface area contributed by atoms with E-state index in [2.05, 4.69) is 42.6 Å². The van der Waals surface area contributed by atoms with Crippen LogP contribution in [0.2, 0.25) is 5.02 Å². The lowest BCUT2D eigenvalue weighted by atomic mass is 10.0. The Hall–Kier alpha value is -4.08. The predicted molar refractivity (Wildman–Crippen MR) is 160 cm³/mol. The first-order valence-corrected chi connectivity index (χ1v) is 13.4. The molecule has 0 saturated carbocycles. The number of halogens is 1. The minimum atomic E-state index is -0.192. The van der Waals surface area contributed by atoms with E-state index >= 15 is 0 Å². The fourth-order valence-electron chi connectivity index (χ4n) is 4.68. The van der Waals surface area contributed by atoms with Gasteiger partial charge >= 0.3 is 0 Å². The molecule has 0 radical (unpaired) electrons. The number of hydrogen-bond donors (Lipinski definition) is 3. The van der Waals surface area contributed by atoms with Gasteiger partial charge in [-0.3, -0.25) is 14.8 Å². The molecule has 1 saturated heterocycles. The maximum Gasteiger partial charge on any atom is 0.260 e. The van der Waals surface area contributed by atoms with Crippen LogP contribution >= 0.6 is 11.6 Å². The number of amidine groups is 1. The molecule has 1 fully saturated rings. The number of aryl methyl sites for hydroxylation is 1. The van der Waals surface area contributed by atoms with Crippen molar-refractivity contribution in [1.82, 2.24) is 19.9 Å². The highest BCUT2D eigenvalue weighted by Crippen LogP contribution is 2.29. The normalized spacial score (nSPS) is 13.4. The number of aliphatic imine (C=N–C) groups is 1. The van der Waals surface area contributed by atoms with Gasteiger partial charge in [0, 0.05) is 83.1 Å². The highest BCUT2D eigenvalue weighted by atomic mass is 35.5. The van der Waals surface area contributed by atoms with Crippen molar-refractivity contribution < 1.29 is 0 Å². The van der Waals surface area contributed by atoms with Gasteiger partial charge in [-0.1, -0.05) is 23.7 Å². The Morgan fingerprint density at radius 3 is 2.51 bits per heavy atom. The predicted octanol–water partition coefficient (Wildman–Crippen LogP) is 5.09. The fourth-order valence-corrected chi connectivity index (χ4v) is 4.96. The van der Waals surface area contributed by atoms with Gasteiger partial charge in [0.1, 0.15) is 5.65 Å². The number of fused-ring (bicyclic) bond motifs is 1. The number of anilines is 3. The molecule has 3 heterocycles. The fraction of sp³-hybridized carbons (Fsp3) is 0.276. The van der Waals surface area contributed by atoms with Gasteiger partial charge in [0.05, 0.1) is 0 Å². The summed E-state index contributed by atoms with van der Waals surface area (Å²) < 4.78 is 1.63. The van der Waals surface area contributed by atoms with Crippen molar-refractivity contribution in [3.63, 3.8) is 0 Å². The number of pyridine rings is 1. The molecular formula is C29H31ClN8O. The lowest BCUT2D eigenvalue weighted by Crippen LogP contribution is -2.43. The van der Waals surface area contributed by atoms with Crippen LogP contribution in [0.4, 0.5) is 17.3 Å². The molecule has 2 aromatic carbocycles. The van der Waals surface area contributed by atoms with E-state index in [4.69, 9.17) is 17.0 Å². The largest absolute Gasteiger partial charge is 0.369 e. The van der Waals surface area contributed by atoms with Crippen LogP contribution in [0.5, 0.6) is 0 Å². The first kappa shape index (κ1) is 26.5. The maximum absolute atomic E-state index is 13.5. The van der Waals surface area contributed by atoms with Crippen molar-refractivity contribution >= 4 is 51.5 Å². The summed E-state index contributed by atoms with van der Waals surface area (Å²) in [6.45, 7) is 9.96. The monoisotopic (exact) mass is 542 g/mol. The van der Waals surface area contributed by atoms with Crippen LogP contribution in [-0.2, 0) is 6.54 Å². The number of nitrogens with zero attached hydrogens (tertiary/aromatic N) is 5. The molecule has 1 aliphatic rings. The second-order valence-corrected chi connectivity index (χ2v) is 10.00. The number of rotatable bonds is 6. The first-order chi connectivity index (χ1) is 18.8. The summed E-state index contributed by atoms with van der Waals surface area (Å²) in [6, 6.07) is 15.2. The van der Waals surface area contributed by atoms with Gasteiger partial charge in [-0.25, -0.2) is 9.98 Å². The topological polar surface area (TPSA) is 111 Å². The lowest BCUT2D eigenvalue weighted by Gasteiger charge is -2.29. The van der Waals surface area contributed by atoms with E-state index in [9.17, 15) is 4.79 Å². The molecule has 3 N–H and O–H groups in total. The number of hydrogen-bond acceptors (Lipinski definition) is 7. The highest BCUT2D eigenvalue weighted by molar-refractivity contribution is 6.33. The Balaban J connectivity index is 1.45. The second-order valence-electron chi connectivity index (χ2n) is 9.59. The highest BCUT2D eigenvalue weighted by Gasteiger charge is 2.16. The van der Waals surface area contributed by atoms with Gasteiger partial charge in [0.2, 0.25) is 5.95 Å². The van der Waals surface area contributed by atoms with E-state index in [1.165, 1.54) is 5.69 Å². The molecule has 2 aromatic heterocycles. The summed E-state index contributed by atoms with van der Waals surface area (Å²) in [7, 11) is 0. The van der Waals surface area contributed by atoms with Crippen LogP contribution in [0.1, 0.15) is 26.3 Å². The Kier molecular flexibility index (Phi) is 7.72. The van der Waals surface area contributed by atoms with Gasteiger partial charge in [-0.15, -0.1) is 0 Å². The zero-order valence-electron chi connectivity index (χ0n) is 22.3. The summed E-state index contributed by atoms with van der Waals surface area (Å²) in [5, 5.41) is 15.9. The van der Waals surface area contributed by atoms with E-state index < -0.39 is 0 Å². The summed E-state index contributed by atoms with van der Waals surface area (Å²) in [5.74, 6) is 0.541. The Bertz CT molecular complexity index is 1620. The van der Waals surface area contributed by atoms with Crippen molar-refractivity contribution in [2.45, 2.75) is 27.3 Å². The SMILES string of the molecule is CCn1c(=O)c(-c2ccc(C(=N)N=C(C)C)cc2Cl)cc2cnc(Nc3ccc(N4CCNCC4)cc3)nc21. The molecule has 0 aliphatic carbocycles. The Labute approximate surface area is 232 Å². The van der Waals surface area contributed by atoms with E-state index in [-0.39, 0.29) is 11.4 Å². The van der Waals surface area contributed by atoms with Gasteiger partial charge < -0.3 is 15.5 Å². The third-order valence-electron chi connectivity index (χ3n) is 6.62. The quantitative estimate of drug-likeness (QED) is 0.231. The molecule has 9 nitrogen and oxygen atoms in total. The second kappa shape index (κ2) is 11.3. The summed E-state index contributed by atoms with van der Waals surface area (Å²) in [5.41, 5.74) is 4.82. The van der Waals surface area contributed by atoms with Gasteiger partial charge in [0.15, 0.2) is 5.84 Å². The standard InChI is InChI=1S/C29H31ClN8O/c1-4-38-27-20(15-24(28(38)39)23-10-5-19(16-25(23)30)26(31)34-18(2)3)17-33-29(36-27)35-21-6-8-22(9-7-21)37-13-11-32-12-14-37/h5-10,15-17,31-32H,4,11-14H2,1-3H3,(H,33,35,36). The van der Waals surface area contributed by atoms with Gasteiger partial charge in [-0.05, 0) is 57.2 Å². The molecule has 0 amide bonds. The van der Waals surface area contributed by atoms with Crippen molar-refractivity contribution in [2.24, 2.45) is 4.99 Å². The average Bonchev–Trinajstić information content (AvgIpc) is 2.93. The van der Waals surface area contributed by atoms with Crippen molar-refractivity contribution in [3.8, 4) is 11.1 Å². The maximum atomic E-state index is 13.5. The van der Waals surface area contributed by atoms with E-state index in [1.807, 2.05) is 32.9 Å². The summed E-state index contributed by atoms with van der Waals surface area (Å²) >= 11 is 6.60. The number of aromatic nitrogens is 3.